The van der Waals surface area contributed by atoms with Crippen LogP contribution in [0.15, 0.2) is 22.7 Å². The highest BCUT2D eigenvalue weighted by Gasteiger charge is 2.23. The molecule has 0 heterocycles. The minimum absolute atomic E-state index is 0.0870. The average molecular weight is 391 g/mol. The van der Waals surface area contributed by atoms with E-state index in [4.69, 9.17) is 0 Å². The molecule has 1 fully saturated rings. The van der Waals surface area contributed by atoms with Crippen molar-refractivity contribution in [2.24, 2.45) is 0 Å². The third kappa shape index (κ3) is 3.96. The Hall–Kier alpha value is -0.550. The lowest BCUT2D eigenvalue weighted by atomic mass is 10.1. The Kier molecular flexibility index (Phi) is 5.28. The minimum atomic E-state index is -0.126. The molecular formula is C14H17Br2NO2. The van der Waals surface area contributed by atoms with Crippen molar-refractivity contribution in [2.75, 3.05) is 0 Å². The van der Waals surface area contributed by atoms with Crippen LogP contribution in [-0.4, -0.2) is 21.9 Å². The van der Waals surface area contributed by atoms with Crippen molar-refractivity contribution >= 4 is 37.8 Å². The fraction of sp³-hybridized carbons (Fsp3) is 0.500. The molecule has 1 aliphatic rings. The van der Waals surface area contributed by atoms with Crippen molar-refractivity contribution in [3.8, 4) is 5.75 Å². The summed E-state index contributed by atoms with van der Waals surface area (Å²) in [7, 11) is 0. The minimum Gasteiger partial charge on any atom is -0.507 e. The lowest BCUT2D eigenvalue weighted by molar-refractivity contribution is 0.0934. The van der Waals surface area contributed by atoms with Gasteiger partial charge in [0, 0.05) is 16.4 Å². The van der Waals surface area contributed by atoms with E-state index >= 15 is 0 Å². The van der Waals surface area contributed by atoms with Crippen LogP contribution in [0.3, 0.4) is 0 Å². The van der Waals surface area contributed by atoms with Crippen LogP contribution in [-0.2, 0) is 0 Å². The molecule has 2 unspecified atom stereocenters. The first-order valence-corrected chi connectivity index (χ1v) is 8.22. The number of rotatable bonds is 2. The van der Waals surface area contributed by atoms with Gasteiger partial charge in [-0.1, -0.05) is 35.2 Å². The van der Waals surface area contributed by atoms with E-state index in [0.29, 0.717) is 14.9 Å². The summed E-state index contributed by atoms with van der Waals surface area (Å²) in [5.74, 6) is -0.0388. The van der Waals surface area contributed by atoms with Gasteiger partial charge in [-0.2, -0.15) is 0 Å². The largest absolute Gasteiger partial charge is 0.507 e. The Morgan fingerprint density at radius 3 is 2.74 bits per heavy atom. The maximum absolute atomic E-state index is 12.2. The van der Waals surface area contributed by atoms with Gasteiger partial charge in [0.25, 0.3) is 5.91 Å². The van der Waals surface area contributed by atoms with Crippen molar-refractivity contribution in [1.29, 1.82) is 0 Å². The Morgan fingerprint density at radius 1 is 1.26 bits per heavy atom. The van der Waals surface area contributed by atoms with Crippen LogP contribution in [0.25, 0.3) is 0 Å². The Morgan fingerprint density at radius 2 is 2.00 bits per heavy atom. The maximum Gasteiger partial charge on any atom is 0.251 e. The zero-order valence-electron chi connectivity index (χ0n) is 10.5. The van der Waals surface area contributed by atoms with E-state index in [0.717, 1.165) is 19.3 Å². The number of alkyl halides is 1. The molecule has 1 saturated carbocycles. The molecule has 0 bridgehead atoms. The maximum atomic E-state index is 12.2. The summed E-state index contributed by atoms with van der Waals surface area (Å²) in [5, 5.41) is 12.7. The fourth-order valence-electron chi connectivity index (χ4n) is 2.33. The van der Waals surface area contributed by atoms with Gasteiger partial charge in [0.1, 0.15) is 5.75 Å². The van der Waals surface area contributed by atoms with Gasteiger partial charge in [-0.25, -0.2) is 0 Å². The fourth-order valence-corrected chi connectivity index (χ4v) is 3.30. The second-order valence-electron chi connectivity index (χ2n) is 4.90. The summed E-state index contributed by atoms with van der Waals surface area (Å²) in [6.07, 6.45) is 5.69. The number of halogens is 2. The first-order chi connectivity index (χ1) is 9.08. The molecule has 1 aromatic carbocycles. The second-order valence-corrected chi connectivity index (χ2v) is 6.93. The predicted molar refractivity (Wildman–Crippen MR) is 82.9 cm³/mol. The number of amides is 1. The van der Waals surface area contributed by atoms with Crippen molar-refractivity contribution in [3.63, 3.8) is 0 Å². The Balaban J connectivity index is 2.05. The SMILES string of the molecule is O=C(NC1CCCCCC1Br)c1ccc(Br)c(O)c1. The summed E-state index contributed by atoms with van der Waals surface area (Å²) in [6, 6.07) is 5.04. The van der Waals surface area contributed by atoms with Crippen LogP contribution in [0.1, 0.15) is 42.5 Å². The number of phenols is 1. The van der Waals surface area contributed by atoms with E-state index in [-0.39, 0.29) is 17.7 Å². The number of phenolic OH excluding ortho intramolecular Hbond substituents is 1. The van der Waals surface area contributed by atoms with Gasteiger partial charge in [-0.05, 0) is 47.0 Å². The van der Waals surface area contributed by atoms with Gasteiger partial charge >= 0.3 is 0 Å². The number of carbonyl (C=O) groups excluding carboxylic acids is 1. The molecule has 2 N–H and O–H groups in total. The number of aromatic hydroxyl groups is 1. The lowest BCUT2D eigenvalue weighted by Gasteiger charge is -2.21. The first kappa shape index (κ1) is 14.9. The van der Waals surface area contributed by atoms with Crippen LogP contribution in [0.5, 0.6) is 5.75 Å². The standard InChI is InChI=1S/C14H17Br2NO2/c15-10-4-2-1-3-5-12(10)17-14(19)9-6-7-11(16)13(18)8-9/h6-8,10,12,18H,1-5H2,(H,17,19). The third-order valence-corrected chi connectivity index (χ3v) is 5.22. The van der Waals surface area contributed by atoms with Crippen LogP contribution in [0.2, 0.25) is 0 Å². The van der Waals surface area contributed by atoms with Crippen molar-refractivity contribution in [1.82, 2.24) is 5.32 Å². The van der Waals surface area contributed by atoms with Crippen molar-refractivity contribution in [2.45, 2.75) is 43.0 Å². The number of hydrogen-bond donors (Lipinski definition) is 2. The van der Waals surface area contributed by atoms with Crippen LogP contribution in [0, 0.1) is 0 Å². The summed E-state index contributed by atoms with van der Waals surface area (Å²) >= 11 is 6.87. The third-order valence-electron chi connectivity index (χ3n) is 3.46. The zero-order valence-corrected chi connectivity index (χ0v) is 13.7. The number of nitrogens with one attached hydrogen (secondary N) is 1. The number of carbonyl (C=O) groups is 1. The molecule has 1 amide bonds. The second kappa shape index (κ2) is 6.75. The molecule has 2 atom stereocenters. The van der Waals surface area contributed by atoms with Crippen LogP contribution in [0.4, 0.5) is 0 Å². The zero-order chi connectivity index (χ0) is 13.8. The van der Waals surface area contributed by atoms with Gasteiger partial charge in [0.05, 0.1) is 4.47 Å². The van der Waals surface area contributed by atoms with Gasteiger partial charge in [-0.3, -0.25) is 4.79 Å². The molecule has 5 heteroatoms. The van der Waals surface area contributed by atoms with E-state index < -0.39 is 0 Å². The molecule has 0 aromatic heterocycles. The highest BCUT2D eigenvalue weighted by Crippen LogP contribution is 2.26. The van der Waals surface area contributed by atoms with E-state index in [1.165, 1.54) is 18.9 Å². The van der Waals surface area contributed by atoms with E-state index in [1.807, 2.05) is 0 Å². The number of benzene rings is 1. The molecule has 2 rings (SSSR count). The Labute approximate surface area is 130 Å². The van der Waals surface area contributed by atoms with Crippen LogP contribution >= 0.6 is 31.9 Å². The topological polar surface area (TPSA) is 49.3 Å². The monoisotopic (exact) mass is 389 g/mol. The summed E-state index contributed by atoms with van der Waals surface area (Å²) < 4.78 is 0.594. The molecule has 0 radical (unpaired) electrons. The Bertz CT molecular complexity index is 465. The van der Waals surface area contributed by atoms with Gasteiger partial charge in [0.2, 0.25) is 0 Å². The highest BCUT2D eigenvalue weighted by molar-refractivity contribution is 9.10. The highest BCUT2D eigenvalue weighted by atomic mass is 79.9. The molecule has 104 valence electrons. The van der Waals surface area contributed by atoms with Gasteiger partial charge in [-0.15, -0.1) is 0 Å². The predicted octanol–water partition coefficient (Wildman–Crippen LogP) is 3.98. The first-order valence-electron chi connectivity index (χ1n) is 6.51. The molecule has 1 aromatic rings. The molecule has 3 nitrogen and oxygen atoms in total. The molecule has 19 heavy (non-hydrogen) atoms. The molecular weight excluding hydrogens is 374 g/mol. The quantitative estimate of drug-likeness (QED) is 0.592. The van der Waals surface area contributed by atoms with E-state index in [1.54, 1.807) is 12.1 Å². The van der Waals surface area contributed by atoms with E-state index in [9.17, 15) is 9.90 Å². The lowest BCUT2D eigenvalue weighted by Crippen LogP contribution is -2.40. The summed E-state index contributed by atoms with van der Waals surface area (Å²) in [6.45, 7) is 0. The van der Waals surface area contributed by atoms with Crippen LogP contribution < -0.4 is 5.32 Å². The van der Waals surface area contributed by atoms with Crippen molar-refractivity contribution < 1.29 is 9.90 Å². The summed E-state index contributed by atoms with van der Waals surface area (Å²) in [4.78, 5) is 12.5. The molecule has 1 aliphatic carbocycles. The smallest absolute Gasteiger partial charge is 0.251 e. The molecule has 0 aliphatic heterocycles. The molecule has 0 spiro atoms. The van der Waals surface area contributed by atoms with E-state index in [2.05, 4.69) is 37.2 Å². The number of hydrogen-bond acceptors (Lipinski definition) is 2. The molecule has 0 saturated heterocycles. The average Bonchev–Trinajstić information content (AvgIpc) is 2.58. The normalized spacial score (nSPS) is 23.7. The van der Waals surface area contributed by atoms with Gasteiger partial charge in [0.15, 0.2) is 0 Å². The summed E-state index contributed by atoms with van der Waals surface area (Å²) in [5.41, 5.74) is 0.490. The van der Waals surface area contributed by atoms with Gasteiger partial charge < -0.3 is 10.4 Å². The van der Waals surface area contributed by atoms with Crippen molar-refractivity contribution in [3.05, 3.63) is 28.2 Å².